The van der Waals surface area contributed by atoms with Gasteiger partial charge in [0.15, 0.2) is 4.34 Å². The van der Waals surface area contributed by atoms with Crippen molar-refractivity contribution >= 4 is 57.5 Å². The van der Waals surface area contributed by atoms with Gasteiger partial charge in [-0.25, -0.2) is 0 Å². The summed E-state index contributed by atoms with van der Waals surface area (Å²) in [5.41, 5.74) is 1.23. The average Bonchev–Trinajstić information content (AvgIpc) is 3.14. The standard InChI is InChI=1S/C19H18ClN3OS3/c1-2-16(26-15-10-8-14(20)9-11-15)17(24)21-18-22-23-19(27-18)25-12-13-6-4-3-5-7-13/h3-11,16H,2,12H2,1H3,(H,21,22,24). The molecule has 1 heterocycles. The van der Waals surface area contributed by atoms with Crippen molar-refractivity contribution in [1.29, 1.82) is 0 Å². The Morgan fingerprint density at radius 3 is 2.59 bits per heavy atom. The highest BCUT2D eigenvalue weighted by atomic mass is 35.5. The number of carbonyl (C=O) groups excluding carboxylic acids is 1. The van der Waals surface area contributed by atoms with E-state index in [1.807, 2.05) is 49.4 Å². The minimum absolute atomic E-state index is 0.0618. The molecule has 0 saturated carbocycles. The minimum Gasteiger partial charge on any atom is -0.300 e. The Hall–Kier alpha value is -1.54. The molecular formula is C19H18ClN3OS3. The number of hydrogen-bond acceptors (Lipinski definition) is 6. The molecule has 1 N–H and O–H groups in total. The molecule has 1 atom stereocenters. The van der Waals surface area contributed by atoms with E-state index in [0.29, 0.717) is 16.6 Å². The van der Waals surface area contributed by atoms with E-state index in [9.17, 15) is 4.79 Å². The zero-order valence-electron chi connectivity index (χ0n) is 14.6. The van der Waals surface area contributed by atoms with Crippen LogP contribution in [-0.2, 0) is 10.5 Å². The maximum Gasteiger partial charge on any atom is 0.239 e. The number of nitrogens with zero attached hydrogens (tertiary/aromatic N) is 2. The molecule has 0 aliphatic rings. The lowest BCUT2D eigenvalue weighted by atomic mass is 10.2. The highest BCUT2D eigenvalue weighted by Gasteiger charge is 2.19. The van der Waals surface area contributed by atoms with Gasteiger partial charge in [-0.1, -0.05) is 72.0 Å². The van der Waals surface area contributed by atoms with Gasteiger partial charge in [0.25, 0.3) is 0 Å². The highest BCUT2D eigenvalue weighted by Crippen LogP contribution is 2.30. The average molecular weight is 436 g/mol. The topological polar surface area (TPSA) is 54.9 Å². The largest absolute Gasteiger partial charge is 0.300 e. The fourth-order valence-electron chi connectivity index (χ4n) is 2.22. The number of benzene rings is 2. The van der Waals surface area contributed by atoms with Crippen molar-refractivity contribution < 1.29 is 4.79 Å². The predicted molar refractivity (Wildman–Crippen MR) is 116 cm³/mol. The molecule has 0 spiro atoms. The van der Waals surface area contributed by atoms with E-state index in [1.54, 1.807) is 11.8 Å². The molecule has 0 bridgehead atoms. The second-order valence-electron chi connectivity index (χ2n) is 5.61. The SMILES string of the molecule is CCC(Sc1ccc(Cl)cc1)C(=O)Nc1nnc(SCc2ccccc2)s1. The number of nitrogens with one attached hydrogen (secondary N) is 1. The van der Waals surface area contributed by atoms with Crippen molar-refractivity contribution in [3.8, 4) is 0 Å². The summed E-state index contributed by atoms with van der Waals surface area (Å²) >= 11 is 10.4. The van der Waals surface area contributed by atoms with E-state index < -0.39 is 0 Å². The number of hydrogen-bond donors (Lipinski definition) is 1. The van der Waals surface area contributed by atoms with Gasteiger partial charge < -0.3 is 0 Å². The first-order valence-electron chi connectivity index (χ1n) is 8.37. The van der Waals surface area contributed by atoms with Crippen LogP contribution >= 0.6 is 46.5 Å². The summed E-state index contributed by atoms with van der Waals surface area (Å²) in [6.07, 6.45) is 0.716. The molecule has 1 amide bonds. The van der Waals surface area contributed by atoms with Crippen LogP contribution in [0.2, 0.25) is 5.02 Å². The van der Waals surface area contributed by atoms with E-state index in [4.69, 9.17) is 11.6 Å². The van der Waals surface area contributed by atoms with Gasteiger partial charge in [-0.2, -0.15) is 0 Å². The third-order valence-electron chi connectivity index (χ3n) is 3.60. The molecule has 0 saturated heterocycles. The molecule has 0 aliphatic heterocycles. The Balaban J connectivity index is 1.54. The van der Waals surface area contributed by atoms with Crippen molar-refractivity contribution in [3.63, 3.8) is 0 Å². The highest BCUT2D eigenvalue weighted by molar-refractivity contribution is 8.00. The van der Waals surface area contributed by atoms with E-state index in [2.05, 4.69) is 27.6 Å². The van der Waals surface area contributed by atoms with Crippen molar-refractivity contribution in [3.05, 3.63) is 65.2 Å². The maximum atomic E-state index is 12.6. The van der Waals surface area contributed by atoms with Crippen molar-refractivity contribution in [2.75, 3.05) is 5.32 Å². The van der Waals surface area contributed by atoms with Crippen molar-refractivity contribution in [2.45, 2.75) is 33.6 Å². The lowest BCUT2D eigenvalue weighted by Gasteiger charge is -2.13. The summed E-state index contributed by atoms with van der Waals surface area (Å²) in [6.45, 7) is 1.99. The molecule has 0 radical (unpaired) electrons. The number of amides is 1. The summed E-state index contributed by atoms with van der Waals surface area (Å²) in [5.74, 6) is 0.765. The first-order chi connectivity index (χ1) is 13.1. The number of carbonyl (C=O) groups is 1. The summed E-state index contributed by atoms with van der Waals surface area (Å²) in [4.78, 5) is 13.6. The minimum atomic E-state index is -0.199. The summed E-state index contributed by atoms with van der Waals surface area (Å²) in [5, 5.41) is 12.2. The number of halogens is 1. The fourth-order valence-corrected chi connectivity index (χ4v) is 5.01. The molecule has 3 aromatic rings. The Labute approximate surface area is 176 Å². The third kappa shape index (κ3) is 6.24. The number of thioether (sulfide) groups is 2. The summed E-state index contributed by atoms with van der Waals surface area (Å²) in [7, 11) is 0. The zero-order valence-corrected chi connectivity index (χ0v) is 17.8. The molecule has 3 rings (SSSR count). The molecule has 4 nitrogen and oxygen atoms in total. The zero-order chi connectivity index (χ0) is 19.1. The number of anilines is 1. The van der Waals surface area contributed by atoms with Crippen LogP contribution in [-0.4, -0.2) is 21.4 Å². The Morgan fingerprint density at radius 1 is 1.15 bits per heavy atom. The number of aromatic nitrogens is 2. The summed E-state index contributed by atoms with van der Waals surface area (Å²) < 4.78 is 0.840. The summed E-state index contributed by atoms with van der Waals surface area (Å²) in [6, 6.07) is 17.7. The van der Waals surface area contributed by atoms with Gasteiger partial charge >= 0.3 is 0 Å². The second kappa shape index (κ2) is 10.1. The monoisotopic (exact) mass is 435 g/mol. The smallest absolute Gasteiger partial charge is 0.239 e. The van der Waals surface area contributed by atoms with Crippen LogP contribution < -0.4 is 5.32 Å². The molecule has 0 aliphatic carbocycles. The van der Waals surface area contributed by atoms with Gasteiger partial charge in [0.05, 0.1) is 5.25 Å². The molecule has 27 heavy (non-hydrogen) atoms. The first kappa shape index (κ1) is 20.2. The van der Waals surface area contributed by atoms with Gasteiger partial charge in [-0.05, 0) is 36.2 Å². The Bertz CT molecular complexity index is 871. The molecular weight excluding hydrogens is 418 g/mol. The van der Waals surface area contributed by atoms with E-state index >= 15 is 0 Å². The maximum absolute atomic E-state index is 12.6. The second-order valence-corrected chi connectivity index (χ2v) is 9.52. The molecule has 0 fully saturated rings. The lowest BCUT2D eigenvalue weighted by molar-refractivity contribution is -0.115. The van der Waals surface area contributed by atoms with Crippen LogP contribution in [0.15, 0.2) is 63.8 Å². The van der Waals surface area contributed by atoms with Crippen LogP contribution in [0.1, 0.15) is 18.9 Å². The first-order valence-corrected chi connectivity index (χ1v) is 11.4. The van der Waals surface area contributed by atoms with Crippen LogP contribution in [0.5, 0.6) is 0 Å². The van der Waals surface area contributed by atoms with Gasteiger partial charge in [-0.3, -0.25) is 10.1 Å². The van der Waals surface area contributed by atoms with Crippen LogP contribution in [0, 0.1) is 0 Å². The Morgan fingerprint density at radius 2 is 1.89 bits per heavy atom. The van der Waals surface area contributed by atoms with E-state index in [0.717, 1.165) is 15.0 Å². The molecule has 1 aromatic heterocycles. The quantitative estimate of drug-likeness (QED) is 0.347. The van der Waals surface area contributed by atoms with Crippen molar-refractivity contribution in [1.82, 2.24) is 10.2 Å². The van der Waals surface area contributed by atoms with Crippen LogP contribution in [0.3, 0.4) is 0 Å². The molecule has 8 heteroatoms. The van der Waals surface area contributed by atoms with Gasteiger partial charge in [0.2, 0.25) is 11.0 Å². The van der Waals surface area contributed by atoms with E-state index in [1.165, 1.54) is 28.7 Å². The van der Waals surface area contributed by atoms with Crippen LogP contribution in [0.25, 0.3) is 0 Å². The molecule has 140 valence electrons. The van der Waals surface area contributed by atoms with Crippen molar-refractivity contribution in [2.24, 2.45) is 0 Å². The van der Waals surface area contributed by atoms with Gasteiger partial charge in [0, 0.05) is 15.7 Å². The molecule has 1 unspecified atom stereocenters. The third-order valence-corrected chi connectivity index (χ3v) is 7.27. The predicted octanol–water partition coefficient (Wildman–Crippen LogP) is 5.99. The van der Waals surface area contributed by atoms with E-state index in [-0.39, 0.29) is 11.2 Å². The van der Waals surface area contributed by atoms with Gasteiger partial charge in [-0.15, -0.1) is 22.0 Å². The van der Waals surface area contributed by atoms with Crippen LogP contribution in [0.4, 0.5) is 5.13 Å². The Kier molecular flexibility index (Phi) is 7.58. The van der Waals surface area contributed by atoms with Gasteiger partial charge in [0.1, 0.15) is 0 Å². The lowest BCUT2D eigenvalue weighted by Crippen LogP contribution is -2.24. The fraction of sp³-hybridized carbons (Fsp3) is 0.211. The molecule has 2 aromatic carbocycles. The number of rotatable bonds is 8. The normalized spacial score (nSPS) is 11.9.